The van der Waals surface area contributed by atoms with Crippen molar-refractivity contribution in [3.05, 3.63) is 341 Å². The zero-order valence-corrected chi connectivity index (χ0v) is 57.9. The number of benzene rings is 12. The third kappa shape index (κ3) is 13.3. The maximum absolute atomic E-state index is 13.3. The van der Waals surface area contributed by atoms with Crippen molar-refractivity contribution in [2.24, 2.45) is 0 Å². The van der Waals surface area contributed by atoms with E-state index in [-0.39, 0.29) is 16.6 Å². The van der Waals surface area contributed by atoms with Crippen molar-refractivity contribution < 1.29 is 9.13 Å². The van der Waals surface area contributed by atoms with Gasteiger partial charge in [0.1, 0.15) is 17.3 Å². The van der Waals surface area contributed by atoms with E-state index >= 15 is 0 Å². The Morgan fingerprint density at radius 2 is 0.958 bits per heavy atom. The molecule has 0 amide bonds. The van der Waals surface area contributed by atoms with Crippen molar-refractivity contribution in [3.8, 4) is 61.7 Å². The molecule has 0 radical (unpaired) electrons. The standard InChI is InChI=1S/C47H35FN2.C41H39BrO.CH3I/c1-4-30-9-22-38(23-10-30)50-45-8-6-5-7-41(45)42-27-32(15-26-46(42)50)34-14-25-40-39-24-13-33(28-43(39)47(2,3)44(40)29-34)31-11-18-36(19-12-31)49-37-20-16-35(48)17-21-37;1-2-31-19-24-35(25-20-31)43-36-26-21-32(22-27-36)14-8-5-3-4-6-13-29-41(33-15-9-7-10-16-33)39-18-12-11-17-37(39)38-28-23-34(42)30-40(38)41;1-2/h4-29,49H,1H2,2-3H3;2,7,9-12,15-28,30H,1,3-6,8,13-14,29H2;1H3. The molecule has 12 aromatic carbocycles. The number of hydrogen-bond acceptors (Lipinski definition) is 2. The molecule has 3 nitrogen and oxygen atoms in total. The highest BCUT2D eigenvalue weighted by Gasteiger charge is 2.44. The smallest absolute Gasteiger partial charge is 0.127 e. The second-order valence-corrected chi connectivity index (χ2v) is 26.3. The van der Waals surface area contributed by atoms with E-state index in [0.717, 1.165) is 62.6 Å². The lowest BCUT2D eigenvalue weighted by molar-refractivity contribution is 0.482. The van der Waals surface area contributed by atoms with Crippen molar-refractivity contribution in [3.63, 3.8) is 0 Å². The number of unbranched alkanes of at least 4 members (excludes halogenated alkanes) is 5. The van der Waals surface area contributed by atoms with Crippen LogP contribution in [-0.2, 0) is 17.3 Å². The Morgan fingerprint density at radius 1 is 0.453 bits per heavy atom. The molecule has 1 atom stereocenters. The average molecular weight is 1420 g/mol. The van der Waals surface area contributed by atoms with Crippen molar-refractivity contribution in [1.82, 2.24) is 4.57 Å². The molecule has 2 aliphatic rings. The Hall–Kier alpha value is -9.34. The number of ether oxygens (including phenoxy) is 1. The van der Waals surface area contributed by atoms with Gasteiger partial charge < -0.3 is 14.6 Å². The number of nitrogens with one attached hydrogen (secondary N) is 1. The third-order valence-electron chi connectivity index (χ3n) is 19.3. The van der Waals surface area contributed by atoms with Gasteiger partial charge in [-0.2, -0.15) is 0 Å². The van der Waals surface area contributed by atoms with Crippen molar-refractivity contribution in [2.45, 2.75) is 76.0 Å². The van der Waals surface area contributed by atoms with Crippen LogP contribution in [-0.4, -0.2) is 9.50 Å². The van der Waals surface area contributed by atoms with Gasteiger partial charge in [0.25, 0.3) is 0 Å². The zero-order valence-electron chi connectivity index (χ0n) is 54.2. The molecule has 95 heavy (non-hydrogen) atoms. The molecule has 0 saturated heterocycles. The highest BCUT2D eigenvalue weighted by molar-refractivity contribution is 14.1. The van der Waals surface area contributed by atoms with E-state index in [9.17, 15) is 4.39 Å². The lowest BCUT2D eigenvalue weighted by Crippen LogP contribution is -2.27. The first-order valence-corrected chi connectivity index (χ1v) is 36.0. The van der Waals surface area contributed by atoms with Crippen molar-refractivity contribution >= 4 is 83.9 Å². The van der Waals surface area contributed by atoms with Gasteiger partial charge in [0.05, 0.1) is 11.0 Å². The summed E-state index contributed by atoms with van der Waals surface area (Å²) in [6.45, 7) is 12.4. The number of para-hydroxylation sites is 1. The first-order chi connectivity index (χ1) is 46.5. The fourth-order valence-corrected chi connectivity index (χ4v) is 14.8. The van der Waals surface area contributed by atoms with E-state index in [4.69, 9.17) is 4.74 Å². The van der Waals surface area contributed by atoms with Gasteiger partial charge >= 0.3 is 0 Å². The normalized spacial score (nSPS) is 13.7. The first-order valence-electron chi connectivity index (χ1n) is 33.1. The third-order valence-corrected chi connectivity index (χ3v) is 19.8. The minimum absolute atomic E-state index is 0.0953. The molecule has 0 spiro atoms. The number of aromatic nitrogens is 1. The first kappa shape index (κ1) is 64.4. The molecule has 2 aliphatic carbocycles. The van der Waals surface area contributed by atoms with Gasteiger partial charge in [0.2, 0.25) is 0 Å². The van der Waals surface area contributed by atoms with E-state index in [1.54, 1.807) is 12.1 Å². The van der Waals surface area contributed by atoms with Gasteiger partial charge in [-0.1, -0.05) is 268 Å². The van der Waals surface area contributed by atoms with Crippen LogP contribution in [0.1, 0.15) is 103 Å². The number of anilines is 2. The summed E-state index contributed by atoms with van der Waals surface area (Å²) in [7, 11) is 0. The predicted molar refractivity (Wildman–Crippen MR) is 414 cm³/mol. The number of nitrogens with zero attached hydrogens (tertiary/aromatic N) is 1. The quantitative estimate of drug-likeness (QED) is 0.0496. The van der Waals surface area contributed by atoms with Gasteiger partial charge in [-0.05, 0) is 228 Å². The molecular formula is C89H77BrFIN2O. The molecule has 0 aliphatic heterocycles. The SMILES string of the molecule is C=Cc1ccc(-n2c3ccccc3c3cc(-c4ccc5c(c4)C(C)(C)c4cc(-c6ccc(Nc7ccc(F)cc7)cc6)ccc4-5)ccc32)cc1.C=Cc1ccc(Oc2ccc(CCCCCCCCC3(c4ccccc4)c4ccccc4-c4ccc(Br)cc43)cc2)cc1.CI. The van der Waals surface area contributed by atoms with Crippen LogP contribution in [0, 0.1) is 5.82 Å². The summed E-state index contributed by atoms with van der Waals surface area (Å²) in [6, 6.07) is 96.5. The Balaban J connectivity index is 0.000000170. The van der Waals surface area contributed by atoms with Crippen LogP contribution < -0.4 is 10.1 Å². The summed E-state index contributed by atoms with van der Waals surface area (Å²) in [5, 5.41) is 5.85. The summed E-state index contributed by atoms with van der Waals surface area (Å²) in [5.74, 6) is 1.49. The van der Waals surface area contributed by atoms with E-state index < -0.39 is 0 Å². The molecular weight excluding hydrogens is 1340 g/mol. The Morgan fingerprint density at radius 3 is 1.63 bits per heavy atom. The molecule has 6 heteroatoms. The fourth-order valence-electron chi connectivity index (χ4n) is 14.5. The lowest BCUT2D eigenvalue weighted by atomic mass is 9.69. The van der Waals surface area contributed by atoms with Gasteiger partial charge in [-0.15, -0.1) is 0 Å². The van der Waals surface area contributed by atoms with E-state index in [1.165, 1.54) is 145 Å². The zero-order chi connectivity index (χ0) is 65.5. The van der Waals surface area contributed by atoms with Crippen LogP contribution in [0.25, 0.3) is 84.2 Å². The van der Waals surface area contributed by atoms with Crippen LogP contribution >= 0.6 is 38.5 Å². The minimum atomic E-state index is -0.239. The minimum Gasteiger partial charge on any atom is -0.457 e. The summed E-state index contributed by atoms with van der Waals surface area (Å²) in [6.07, 6.45) is 13.5. The van der Waals surface area contributed by atoms with Crippen LogP contribution in [0.15, 0.2) is 291 Å². The van der Waals surface area contributed by atoms with Crippen molar-refractivity contribution in [2.75, 3.05) is 10.2 Å². The topological polar surface area (TPSA) is 26.2 Å². The number of hydrogen-bond donors (Lipinski definition) is 1. The van der Waals surface area contributed by atoms with Crippen LogP contribution in [0.3, 0.4) is 0 Å². The second kappa shape index (κ2) is 28.7. The maximum Gasteiger partial charge on any atom is 0.127 e. The molecule has 1 aromatic heterocycles. The van der Waals surface area contributed by atoms with E-state index in [2.05, 4.69) is 300 Å². The van der Waals surface area contributed by atoms with E-state index in [0.29, 0.717) is 0 Å². The monoisotopic (exact) mass is 1410 g/mol. The highest BCUT2D eigenvalue weighted by atomic mass is 127. The molecule has 470 valence electrons. The van der Waals surface area contributed by atoms with Gasteiger partial charge in [0.15, 0.2) is 0 Å². The maximum atomic E-state index is 13.3. The van der Waals surface area contributed by atoms with Crippen molar-refractivity contribution in [1.29, 1.82) is 0 Å². The fraction of sp³-hybridized carbons (Fsp3) is 0.146. The molecule has 0 bridgehead atoms. The number of alkyl halides is 1. The summed E-state index contributed by atoms with van der Waals surface area (Å²) >= 11 is 5.93. The molecule has 0 saturated carbocycles. The van der Waals surface area contributed by atoms with Crippen LogP contribution in [0.4, 0.5) is 15.8 Å². The predicted octanol–water partition coefficient (Wildman–Crippen LogP) is 26.2. The van der Waals surface area contributed by atoms with Gasteiger partial charge in [0, 0.05) is 43.1 Å². The number of halogens is 3. The highest BCUT2D eigenvalue weighted by Crippen LogP contribution is 2.56. The summed E-state index contributed by atoms with van der Waals surface area (Å²) in [5.41, 5.74) is 25.9. The molecule has 13 aromatic rings. The van der Waals surface area contributed by atoms with E-state index in [1.807, 2.05) is 41.3 Å². The molecule has 15 rings (SSSR count). The lowest BCUT2D eigenvalue weighted by Gasteiger charge is -2.33. The molecule has 1 unspecified atom stereocenters. The number of rotatable bonds is 19. The number of fused-ring (bicyclic) bond motifs is 9. The summed E-state index contributed by atoms with van der Waals surface area (Å²) in [4.78, 5) is 1.97. The largest absolute Gasteiger partial charge is 0.457 e. The summed E-state index contributed by atoms with van der Waals surface area (Å²) < 4.78 is 22.8. The van der Waals surface area contributed by atoms with Crippen LogP contribution in [0.5, 0.6) is 11.5 Å². The Labute approximate surface area is 582 Å². The average Bonchev–Trinajstić information content (AvgIpc) is 1.54. The van der Waals surface area contributed by atoms with Crippen LogP contribution in [0.2, 0.25) is 0 Å². The molecule has 0 fully saturated rings. The Bertz CT molecular complexity index is 4860. The second-order valence-electron chi connectivity index (χ2n) is 25.4. The number of aryl methyl sites for hydroxylation is 1. The van der Waals surface area contributed by atoms with Gasteiger partial charge in [-0.3, -0.25) is 0 Å². The van der Waals surface area contributed by atoms with Gasteiger partial charge in [-0.25, -0.2) is 4.39 Å². The molecule has 1 N–H and O–H groups in total. The molecule has 1 heterocycles. The Kier molecular flexibility index (Phi) is 19.5.